The molecule has 0 saturated carbocycles. The molecule has 5 heteroatoms. The van der Waals surface area contributed by atoms with Crippen LogP contribution in [0.5, 0.6) is 0 Å². The minimum Gasteiger partial charge on any atom is -0.306 e. The lowest BCUT2D eigenvalue weighted by Gasteiger charge is -2.08. The Morgan fingerprint density at radius 1 is 1.17 bits per heavy atom. The second-order valence-electron chi connectivity index (χ2n) is 3.75. The zero-order valence-electron chi connectivity index (χ0n) is 9.77. The molecular formula is C13H12ClN3O. The van der Waals surface area contributed by atoms with Crippen molar-refractivity contribution in [3.05, 3.63) is 53.3 Å². The number of nitrogens with one attached hydrogen (secondary N) is 2. The van der Waals surface area contributed by atoms with Gasteiger partial charge in [-0.25, -0.2) is 4.79 Å². The van der Waals surface area contributed by atoms with E-state index in [1.807, 2.05) is 13.0 Å². The Kier molecular flexibility index (Phi) is 3.79. The van der Waals surface area contributed by atoms with Crippen molar-refractivity contribution in [2.24, 2.45) is 0 Å². The number of hydrogen-bond acceptors (Lipinski definition) is 2. The molecule has 18 heavy (non-hydrogen) atoms. The molecule has 0 saturated heterocycles. The molecule has 92 valence electrons. The van der Waals surface area contributed by atoms with Gasteiger partial charge in [0.25, 0.3) is 0 Å². The lowest BCUT2D eigenvalue weighted by Crippen LogP contribution is -2.19. The zero-order chi connectivity index (χ0) is 13.0. The van der Waals surface area contributed by atoms with Crippen molar-refractivity contribution >= 4 is 29.0 Å². The normalized spacial score (nSPS) is 9.89. The molecule has 0 aliphatic carbocycles. The van der Waals surface area contributed by atoms with E-state index in [1.165, 1.54) is 0 Å². The molecule has 2 rings (SSSR count). The van der Waals surface area contributed by atoms with Crippen LogP contribution in [0.15, 0.2) is 42.6 Å². The Balaban J connectivity index is 2.01. The Morgan fingerprint density at radius 2 is 1.94 bits per heavy atom. The maximum absolute atomic E-state index is 11.7. The second-order valence-corrected chi connectivity index (χ2v) is 4.15. The number of amides is 2. The first kappa shape index (κ1) is 12.4. The van der Waals surface area contributed by atoms with E-state index in [9.17, 15) is 4.79 Å². The number of halogens is 1. The van der Waals surface area contributed by atoms with E-state index in [2.05, 4.69) is 15.6 Å². The van der Waals surface area contributed by atoms with Gasteiger partial charge in [0, 0.05) is 5.69 Å². The molecule has 4 nitrogen and oxygen atoms in total. The predicted molar refractivity (Wildman–Crippen MR) is 73.1 cm³/mol. The van der Waals surface area contributed by atoms with Crippen molar-refractivity contribution in [3.63, 3.8) is 0 Å². The fourth-order valence-electron chi connectivity index (χ4n) is 1.39. The highest BCUT2D eigenvalue weighted by Gasteiger charge is 2.05. The first-order chi connectivity index (χ1) is 8.65. The van der Waals surface area contributed by atoms with Crippen LogP contribution in [0, 0.1) is 6.92 Å². The highest BCUT2D eigenvalue weighted by atomic mass is 35.5. The smallest absolute Gasteiger partial charge is 0.306 e. The molecular weight excluding hydrogens is 250 g/mol. The zero-order valence-corrected chi connectivity index (χ0v) is 10.5. The summed E-state index contributed by atoms with van der Waals surface area (Å²) in [7, 11) is 0. The molecule has 2 N–H and O–H groups in total. The molecule has 2 amide bonds. The van der Waals surface area contributed by atoms with Crippen molar-refractivity contribution in [1.82, 2.24) is 4.98 Å². The molecule has 0 radical (unpaired) electrons. The molecule has 0 aliphatic rings. The minimum atomic E-state index is -0.353. The topological polar surface area (TPSA) is 54.0 Å². The third-order valence-corrected chi connectivity index (χ3v) is 2.62. The summed E-state index contributed by atoms with van der Waals surface area (Å²) in [5.41, 5.74) is 2.09. The SMILES string of the molecule is Cc1ccc(NC(=O)Nc2ccccc2Cl)cn1. The highest BCUT2D eigenvalue weighted by Crippen LogP contribution is 2.20. The van der Waals surface area contributed by atoms with E-state index in [-0.39, 0.29) is 6.03 Å². The average molecular weight is 262 g/mol. The van der Waals surface area contributed by atoms with Gasteiger partial charge < -0.3 is 10.6 Å². The largest absolute Gasteiger partial charge is 0.323 e. The highest BCUT2D eigenvalue weighted by molar-refractivity contribution is 6.33. The van der Waals surface area contributed by atoms with Gasteiger partial charge >= 0.3 is 6.03 Å². The molecule has 0 spiro atoms. The number of aromatic nitrogens is 1. The second kappa shape index (κ2) is 5.51. The van der Waals surface area contributed by atoms with Crippen LogP contribution in [-0.2, 0) is 0 Å². The lowest BCUT2D eigenvalue weighted by molar-refractivity contribution is 0.262. The summed E-state index contributed by atoms with van der Waals surface area (Å²) >= 11 is 5.94. The molecule has 1 aromatic carbocycles. The molecule has 1 aromatic heterocycles. The fourth-order valence-corrected chi connectivity index (χ4v) is 1.57. The molecule has 1 heterocycles. The lowest BCUT2D eigenvalue weighted by atomic mass is 10.3. The van der Waals surface area contributed by atoms with Crippen molar-refractivity contribution in [2.75, 3.05) is 10.6 Å². The van der Waals surface area contributed by atoms with Crippen molar-refractivity contribution in [2.45, 2.75) is 6.92 Å². The van der Waals surface area contributed by atoms with Gasteiger partial charge in [-0.05, 0) is 31.2 Å². The standard InChI is InChI=1S/C13H12ClN3O/c1-9-6-7-10(8-15-9)16-13(18)17-12-5-3-2-4-11(12)14/h2-8H,1H3,(H2,16,17,18). The fraction of sp³-hybridized carbons (Fsp3) is 0.0769. The quantitative estimate of drug-likeness (QED) is 0.866. The van der Waals surface area contributed by atoms with Crippen molar-refractivity contribution in [1.29, 1.82) is 0 Å². The first-order valence-electron chi connectivity index (χ1n) is 5.40. The van der Waals surface area contributed by atoms with Gasteiger partial charge in [0.1, 0.15) is 0 Å². The Labute approximate surface area is 110 Å². The van der Waals surface area contributed by atoms with Crippen LogP contribution in [0.1, 0.15) is 5.69 Å². The number of pyridine rings is 1. The number of para-hydroxylation sites is 1. The number of carbonyl (C=O) groups is 1. The van der Waals surface area contributed by atoms with E-state index < -0.39 is 0 Å². The number of nitrogens with zero attached hydrogens (tertiary/aromatic N) is 1. The number of anilines is 2. The van der Waals surface area contributed by atoms with Crippen molar-refractivity contribution < 1.29 is 4.79 Å². The van der Waals surface area contributed by atoms with E-state index >= 15 is 0 Å². The van der Waals surface area contributed by atoms with Gasteiger partial charge in [-0.1, -0.05) is 23.7 Å². The number of rotatable bonds is 2. The molecule has 0 fully saturated rings. The average Bonchev–Trinajstić information content (AvgIpc) is 2.35. The van der Waals surface area contributed by atoms with Crippen LogP contribution in [0.4, 0.5) is 16.2 Å². The molecule has 2 aromatic rings. The van der Waals surface area contributed by atoms with Gasteiger partial charge in [-0.2, -0.15) is 0 Å². The van der Waals surface area contributed by atoms with Crippen LogP contribution in [0.2, 0.25) is 5.02 Å². The van der Waals surface area contributed by atoms with Crippen molar-refractivity contribution in [3.8, 4) is 0 Å². The molecule has 0 atom stereocenters. The molecule has 0 bridgehead atoms. The summed E-state index contributed by atoms with van der Waals surface area (Å²) in [5.74, 6) is 0. The summed E-state index contributed by atoms with van der Waals surface area (Å²) in [4.78, 5) is 15.8. The van der Waals surface area contributed by atoms with Gasteiger partial charge in [-0.3, -0.25) is 4.98 Å². The monoisotopic (exact) mass is 261 g/mol. The van der Waals surface area contributed by atoms with Crippen LogP contribution < -0.4 is 10.6 Å². The Bertz CT molecular complexity index is 554. The van der Waals surface area contributed by atoms with Crippen LogP contribution >= 0.6 is 11.6 Å². The Morgan fingerprint density at radius 3 is 2.61 bits per heavy atom. The molecule has 0 unspecified atom stereocenters. The summed E-state index contributed by atoms with van der Waals surface area (Å²) < 4.78 is 0. The number of benzene rings is 1. The summed E-state index contributed by atoms with van der Waals surface area (Å²) in [5, 5.41) is 5.83. The number of urea groups is 1. The van der Waals surface area contributed by atoms with Crippen LogP contribution in [0.25, 0.3) is 0 Å². The Hall–Kier alpha value is -2.07. The van der Waals surface area contributed by atoms with Crippen LogP contribution in [-0.4, -0.2) is 11.0 Å². The third-order valence-electron chi connectivity index (χ3n) is 2.29. The van der Waals surface area contributed by atoms with E-state index in [1.54, 1.807) is 36.5 Å². The predicted octanol–water partition coefficient (Wildman–Crippen LogP) is 3.69. The summed E-state index contributed by atoms with van der Waals surface area (Å²) in [6.07, 6.45) is 1.60. The molecule has 0 aliphatic heterocycles. The third kappa shape index (κ3) is 3.21. The number of aryl methyl sites for hydroxylation is 1. The van der Waals surface area contributed by atoms with Gasteiger partial charge in [0.15, 0.2) is 0 Å². The number of carbonyl (C=O) groups excluding carboxylic acids is 1. The van der Waals surface area contributed by atoms with Gasteiger partial charge in [0.05, 0.1) is 22.6 Å². The maximum Gasteiger partial charge on any atom is 0.323 e. The van der Waals surface area contributed by atoms with Crippen LogP contribution in [0.3, 0.4) is 0 Å². The first-order valence-corrected chi connectivity index (χ1v) is 5.78. The van der Waals surface area contributed by atoms with Gasteiger partial charge in [-0.15, -0.1) is 0 Å². The van der Waals surface area contributed by atoms with E-state index in [0.717, 1.165) is 5.69 Å². The van der Waals surface area contributed by atoms with E-state index in [0.29, 0.717) is 16.4 Å². The summed E-state index contributed by atoms with van der Waals surface area (Å²) in [6.45, 7) is 1.88. The maximum atomic E-state index is 11.7. The van der Waals surface area contributed by atoms with Gasteiger partial charge in [0.2, 0.25) is 0 Å². The minimum absolute atomic E-state index is 0.353. The van der Waals surface area contributed by atoms with E-state index in [4.69, 9.17) is 11.6 Å². The number of hydrogen-bond donors (Lipinski definition) is 2. The summed E-state index contributed by atoms with van der Waals surface area (Å²) in [6, 6.07) is 10.3.